The molecule has 0 aliphatic carbocycles. The zero-order valence-electron chi connectivity index (χ0n) is 18.0. The Kier molecular flexibility index (Phi) is 8.92. The third kappa shape index (κ3) is 9.20. The molecule has 0 N–H and O–H groups in total. The van der Waals surface area contributed by atoms with E-state index in [0.717, 1.165) is 0 Å². The summed E-state index contributed by atoms with van der Waals surface area (Å²) in [5.74, 6) is -1.29. The number of benzene rings is 1. The zero-order chi connectivity index (χ0) is 21.5. The van der Waals surface area contributed by atoms with Crippen LogP contribution < -0.4 is 4.74 Å². The van der Waals surface area contributed by atoms with Gasteiger partial charge in [0.15, 0.2) is 0 Å². The molecule has 0 saturated heterocycles. The smallest absolute Gasteiger partial charge is 0.309 e. The van der Waals surface area contributed by atoms with Crippen LogP contribution in [0.25, 0.3) is 0 Å². The minimum absolute atomic E-state index is 0.0532. The normalized spacial score (nSPS) is 14.9. The first-order valence-corrected chi connectivity index (χ1v) is 9.72. The summed E-state index contributed by atoms with van der Waals surface area (Å²) >= 11 is 0. The zero-order valence-corrected chi connectivity index (χ0v) is 18.0. The lowest BCUT2D eigenvalue weighted by Crippen LogP contribution is -2.36. The Morgan fingerprint density at radius 3 is 2.29 bits per heavy atom. The summed E-state index contributed by atoms with van der Waals surface area (Å²) in [5.41, 5.74) is -0.602. The highest BCUT2D eigenvalue weighted by atomic mass is 19.1. The van der Waals surface area contributed by atoms with Gasteiger partial charge in [-0.25, -0.2) is 4.39 Å². The van der Waals surface area contributed by atoms with Crippen molar-refractivity contribution in [3.63, 3.8) is 0 Å². The van der Waals surface area contributed by atoms with Gasteiger partial charge in [-0.3, -0.25) is 9.59 Å². The van der Waals surface area contributed by atoms with Crippen LogP contribution in [0.15, 0.2) is 24.3 Å². The molecular weight excluding hydrogens is 363 g/mol. The van der Waals surface area contributed by atoms with E-state index in [-0.39, 0.29) is 6.42 Å². The average Bonchev–Trinajstić information content (AvgIpc) is 2.51. The maximum absolute atomic E-state index is 13.4. The molecule has 0 unspecified atom stereocenters. The quantitative estimate of drug-likeness (QED) is 0.555. The number of rotatable bonds is 9. The molecule has 0 amide bonds. The van der Waals surface area contributed by atoms with Crippen LogP contribution in [0.2, 0.25) is 0 Å². The fourth-order valence-electron chi connectivity index (χ4n) is 2.61. The third-order valence-electron chi connectivity index (χ3n) is 3.91. The van der Waals surface area contributed by atoms with E-state index in [1.807, 2.05) is 13.8 Å². The topological polar surface area (TPSA) is 61.8 Å². The summed E-state index contributed by atoms with van der Waals surface area (Å²) in [4.78, 5) is 24.3. The van der Waals surface area contributed by atoms with Gasteiger partial charge in [0.05, 0.1) is 12.3 Å². The Morgan fingerprint density at radius 1 is 1.11 bits per heavy atom. The number of hydrogen-bond acceptors (Lipinski definition) is 5. The van der Waals surface area contributed by atoms with Crippen LogP contribution in [0.3, 0.4) is 0 Å². The summed E-state index contributed by atoms with van der Waals surface area (Å²) in [5, 5.41) is 0. The van der Waals surface area contributed by atoms with Gasteiger partial charge in [-0.05, 0) is 52.2 Å². The highest BCUT2D eigenvalue weighted by molar-refractivity contribution is 5.79. The minimum Gasteiger partial charge on any atom is -0.486 e. The van der Waals surface area contributed by atoms with Crippen LogP contribution in [0, 0.1) is 17.7 Å². The van der Waals surface area contributed by atoms with E-state index < -0.39 is 41.5 Å². The van der Waals surface area contributed by atoms with E-state index in [4.69, 9.17) is 14.2 Å². The van der Waals surface area contributed by atoms with Gasteiger partial charge >= 0.3 is 11.9 Å². The lowest BCUT2D eigenvalue weighted by atomic mass is 10.0. The molecule has 28 heavy (non-hydrogen) atoms. The number of ether oxygens (including phenoxy) is 3. The van der Waals surface area contributed by atoms with Crippen molar-refractivity contribution >= 4 is 11.9 Å². The standard InChI is InChI=1S/C22H33FO5/c1-14(2)11-19(27-18-10-8-9-17(23)13-18)16(4)26-21(25)15(3)12-20(24)28-22(5,6)7/h8-10,13-16,19H,11-12H2,1-7H3/t15-,16+,19-/m1/s1. The fourth-order valence-corrected chi connectivity index (χ4v) is 2.61. The van der Waals surface area contributed by atoms with Crippen molar-refractivity contribution in [3.8, 4) is 5.75 Å². The molecule has 0 heterocycles. The molecule has 0 aliphatic rings. The van der Waals surface area contributed by atoms with E-state index in [2.05, 4.69) is 0 Å². The summed E-state index contributed by atoms with van der Waals surface area (Å²) in [6, 6.07) is 5.87. The third-order valence-corrected chi connectivity index (χ3v) is 3.91. The van der Waals surface area contributed by atoms with Crippen molar-refractivity contribution in [1.29, 1.82) is 0 Å². The van der Waals surface area contributed by atoms with Crippen molar-refractivity contribution < 1.29 is 28.2 Å². The number of carbonyl (C=O) groups excluding carboxylic acids is 2. The molecule has 1 rings (SSSR count). The van der Waals surface area contributed by atoms with Crippen molar-refractivity contribution in [2.45, 2.75) is 79.1 Å². The molecule has 1 aromatic rings. The van der Waals surface area contributed by atoms with Crippen molar-refractivity contribution in [2.24, 2.45) is 11.8 Å². The second kappa shape index (κ2) is 10.4. The van der Waals surface area contributed by atoms with Crippen LogP contribution in [0.1, 0.15) is 61.3 Å². The predicted molar refractivity (Wildman–Crippen MR) is 105 cm³/mol. The van der Waals surface area contributed by atoms with Crippen LogP contribution in [-0.4, -0.2) is 29.7 Å². The first-order valence-electron chi connectivity index (χ1n) is 9.72. The lowest BCUT2D eigenvalue weighted by Gasteiger charge is -2.27. The predicted octanol–water partition coefficient (Wildman–Crippen LogP) is 4.92. The molecule has 0 radical (unpaired) electrons. The van der Waals surface area contributed by atoms with E-state index >= 15 is 0 Å². The second-order valence-electron chi connectivity index (χ2n) is 8.58. The Morgan fingerprint density at radius 2 is 1.75 bits per heavy atom. The number of carbonyl (C=O) groups is 2. The van der Waals surface area contributed by atoms with E-state index in [9.17, 15) is 14.0 Å². The fraction of sp³-hybridized carbons (Fsp3) is 0.636. The second-order valence-corrected chi connectivity index (χ2v) is 8.58. The lowest BCUT2D eigenvalue weighted by molar-refractivity contribution is -0.165. The molecule has 1 aromatic carbocycles. The van der Waals surface area contributed by atoms with Crippen molar-refractivity contribution in [1.82, 2.24) is 0 Å². The van der Waals surface area contributed by atoms with Crippen molar-refractivity contribution in [2.75, 3.05) is 0 Å². The van der Waals surface area contributed by atoms with Crippen LogP contribution >= 0.6 is 0 Å². The van der Waals surface area contributed by atoms with Gasteiger partial charge in [-0.15, -0.1) is 0 Å². The number of halogens is 1. The molecule has 0 aliphatic heterocycles. The summed E-state index contributed by atoms with van der Waals surface area (Å²) < 4.78 is 30.1. The van der Waals surface area contributed by atoms with Gasteiger partial charge in [-0.2, -0.15) is 0 Å². The molecule has 5 nitrogen and oxygen atoms in total. The van der Waals surface area contributed by atoms with Gasteiger partial charge in [0, 0.05) is 6.07 Å². The van der Waals surface area contributed by atoms with Crippen LogP contribution in [0.4, 0.5) is 4.39 Å². The maximum atomic E-state index is 13.4. The van der Waals surface area contributed by atoms with Crippen molar-refractivity contribution in [3.05, 3.63) is 30.1 Å². The van der Waals surface area contributed by atoms with E-state index in [0.29, 0.717) is 18.1 Å². The Bertz CT molecular complexity index is 651. The molecule has 6 heteroatoms. The average molecular weight is 396 g/mol. The van der Waals surface area contributed by atoms with Gasteiger partial charge < -0.3 is 14.2 Å². The van der Waals surface area contributed by atoms with Gasteiger partial charge in [0.25, 0.3) is 0 Å². The van der Waals surface area contributed by atoms with Crippen LogP contribution in [0.5, 0.6) is 5.75 Å². The minimum atomic E-state index is -0.633. The molecule has 0 spiro atoms. The number of esters is 2. The molecule has 0 aromatic heterocycles. The highest BCUT2D eigenvalue weighted by Gasteiger charge is 2.28. The molecule has 3 atom stereocenters. The highest BCUT2D eigenvalue weighted by Crippen LogP contribution is 2.22. The maximum Gasteiger partial charge on any atom is 0.309 e. The Balaban J connectivity index is 2.71. The van der Waals surface area contributed by atoms with E-state index in [1.54, 1.807) is 46.8 Å². The van der Waals surface area contributed by atoms with Gasteiger partial charge in [0.2, 0.25) is 0 Å². The summed E-state index contributed by atoms with van der Waals surface area (Å²) in [6.45, 7) is 12.8. The van der Waals surface area contributed by atoms with E-state index in [1.165, 1.54) is 12.1 Å². The van der Waals surface area contributed by atoms with Gasteiger partial charge in [-0.1, -0.05) is 26.8 Å². The SMILES string of the molecule is CC(C)C[C@@H](Oc1cccc(F)c1)[C@H](C)OC(=O)[C@H](C)CC(=O)OC(C)(C)C. The molecule has 0 saturated carbocycles. The molecule has 158 valence electrons. The van der Waals surface area contributed by atoms with Crippen LogP contribution in [-0.2, 0) is 19.1 Å². The summed E-state index contributed by atoms with van der Waals surface area (Å²) in [7, 11) is 0. The Labute approximate surface area is 167 Å². The first kappa shape index (κ1) is 23.9. The largest absolute Gasteiger partial charge is 0.486 e. The first-order chi connectivity index (χ1) is 12.9. The molecule has 0 fully saturated rings. The summed E-state index contributed by atoms with van der Waals surface area (Å²) in [6.07, 6.45) is -0.410. The molecule has 0 bridgehead atoms. The Hall–Kier alpha value is -2.11. The molecular formula is C22H33FO5. The van der Waals surface area contributed by atoms with Gasteiger partial charge in [0.1, 0.15) is 29.4 Å². The monoisotopic (exact) mass is 396 g/mol. The number of hydrogen-bond donors (Lipinski definition) is 0.